The van der Waals surface area contributed by atoms with Crippen molar-refractivity contribution in [1.29, 1.82) is 5.26 Å². The molecule has 4 nitrogen and oxygen atoms in total. The van der Waals surface area contributed by atoms with Gasteiger partial charge in [-0.1, -0.05) is 48.9 Å². The van der Waals surface area contributed by atoms with E-state index in [0.29, 0.717) is 0 Å². The van der Waals surface area contributed by atoms with Crippen LogP contribution in [0.5, 0.6) is 0 Å². The van der Waals surface area contributed by atoms with Crippen molar-refractivity contribution in [2.75, 3.05) is 0 Å². The summed E-state index contributed by atoms with van der Waals surface area (Å²) >= 11 is 0. The van der Waals surface area contributed by atoms with Gasteiger partial charge in [-0.2, -0.15) is 5.26 Å². The monoisotopic (exact) mass is 340 g/mol. The van der Waals surface area contributed by atoms with Gasteiger partial charge in [0.25, 0.3) is 0 Å². The lowest BCUT2D eigenvalue weighted by molar-refractivity contribution is 0.592. The van der Waals surface area contributed by atoms with Crippen LogP contribution >= 0.6 is 0 Å². The average molecular weight is 340 g/mol. The van der Waals surface area contributed by atoms with Crippen molar-refractivity contribution in [3.05, 3.63) is 65.2 Å². The summed E-state index contributed by atoms with van der Waals surface area (Å²) in [6.45, 7) is 3.95. The first-order valence-electron chi connectivity index (χ1n) is 7.94. The number of rotatable bonds is 4. The van der Waals surface area contributed by atoms with Crippen LogP contribution in [0.3, 0.4) is 0 Å². The van der Waals surface area contributed by atoms with Crippen LogP contribution in [0.1, 0.15) is 29.5 Å². The lowest BCUT2D eigenvalue weighted by Crippen LogP contribution is -2.29. The fourth-order valence-electron chi connectivity index (χ4n) is 3.23. The Hall–Kier alpha value is -2.16. The molecule has 24 heavy (non-hydrogen) atoms. The molecular formula is C19H20N2O2S. The van der Waals surface area contributed by atoms with Gasteiger partial charge in [-0.15, -0.1) is 0 Å². The molecular weight excluding hydrogens is 320 g/mol. The van der Waals surface area contributed by atoms with Gasteiger partial charge in [0.1, 0.15) is 10.8 Å². The van der Waals surface area contributed by atoms with Crippen molar-refractivity contribution in [2.45, 2.75) is 41.9 Å². The fraction of sp³-hybridized carbons (Fsp3) is 0.316. The van der Waals surface area contributed by atoms with Gasteiger partial charge in [0.2, 0.25) is 0 Å². The summed E-state index contributed by atoms with van der Waals surface area (Å²) in [6, 6.07) is 16.4. The molecule has 0 spiro atoms. The standard InChI is InChI=1S/C19H20N2O2S/c1-3-14-6-8-15(9-7-14)17-18(19(17,21)12-20)24(22,23)16-10-4-13(2)5-11-16/h4-11,17-18H,3,21H2,1-2H3/t17-,18+,19+/m1/s1. The van der Waals surface area contributed by atoms with Crippen LogP contribution in [0, 0.1) is 18.3 Å². The second kappa shape index (κ2) is 5.73. The summed E-state index contributed by atoms with van der Waals surface area (Å²) in [7, 11) is -3.66. The van der Waals surface area contributed by atoms with Crippen molar-refractivity contribution in [1.82, 2.24) is 0 Å². The van der Waals surface area contributed by atoms with E-state index in [4.69, 9.17) is 5.73 Å². The van der Waals surface area contributed by atoms with Gasteiger partial charge >= 0.3 is 0 Å². The summed E-state index contributed by atoms with van der Waals surface area (Å²) < 4.78 is 25.9. The summed E-state index contributed by atoms with van der Waals surface area (Å²) in [5.74, 6) is -0.500. The molecule has 0 saturated heterocycles. The van der Waals surface area contributed by atoms with Crippen LogP contribution in [0.2, 0.25) is 0 Å². The lowest BCUT2D eigenvalue weighted by Gasteiger charge is -2.05. The van der Waals surface area contributed by atoms with E-state index >= 15 is 0 Å². The molecule has 0 aliphatic heterocycles. The van der Waals surface area contributed by atoms with Gasteiger partial charge in [0, 0.05) is 5.92 Å². The lowest BCUT2D eigenvalue weighted by atomic mass is 10.0. The smallest absolute Gasteiger partial charge is 0.184 e. The maximum absolute atomic E-state index is 13.0. The maximum atomic E-state index is 13.0. The maximum Gasteiger partial charge on any atom is 0.184 e. The Kier molecular flexibility index (Phi) is 3.98. The topological polar surface area (TPSA) is 83.9 Å². The highest BCUT2D eigenvalue weighted by Crippen LogP contribution is 2.55. The summed E-state index contributed by atoms with van der Waals surface area (Å²) in [6.07, 6.45) is 0.905. The van der Waals surface area contributed by atoms with Gasteiger partial charge < -0.3 is 5.73 Å². The minimum absolute atomic E-state index is 0.218. The van der Waals surface area contributed by atoms with Gasteiger partial charge in [0.05, 0.1) is 11.0 Å². The zero-order chi connectivity index (χ0) is 17.5. The average Bonchev–Trinajstić information content (AvgIpc) is 3.23. The molecule has 2 aromatic carbocycles. The zero-order valence-electron chi connectivity index (χ0n) is 13.7. The Morgan fingerprint density at radius 2 is 1.71 bits per heavy atom. The van der Waals surface area contributed by atoms with E-state index in [9.17, 15) is 13.7 Å². The summed E-state index contributed by atoms with van der Waals surface area (Å²) in [5, 5.41) is 8.57. The minimum atomic E-state index is -3.66. The molecule has 1 saturated carbocycles. The van der Waals surface area contributed by atoms with E-state index in [1.54, 1.807) is 24.3 Å². The first-order chi connectivity index (χ1) is 11.3. The molecule has 0 unspecified atom stereocenters. The predicted octanol–water partition coefficient (Wildman–Crippen LogP) is 2.72. The minimum Gasteiger partial charge on any atom is -0.312 e. The van der Waals surface area contributed by atoms with Crippen molar-refractivity contribution >= 4 is 9.84 Å². The Balaban J connectivity index is 2.00. The van der Waals surface area contributed by atoms with E-state index in [1.165, 1.54) is 0 Å². The Labute approximate surface area is 142 Å². The highest BCUT2D eigenvalue weighted by Gasteiger charge is 2.70. The number of nitriles is 1. The van der Waals surface area contributed by atoms with Crippen LogP contribution in [-0.4, -0.2) is 19.2 Å². The first-order valence-corrected chi connectivity index (χ1v) is 9.48. The van der Waals surface area contributed by atoms with E-state index < -0.39 is 26.5 Å². The normalized spacial score (nSPS) is 25.9. The van der Waals surface area contributed by atoms with Crippen molar-refractivity contribution in [2.24, 2.45) is 5.73 Å². The highest BCUT2D eigenvalue weighted by atomic mass is 32.2. The van der Waals surface area contributed by atoms with Crippen molar-refractivity contribution < 1.29 is 8.42 Å². The number of hydrogen-bond donors (Lipinski definition) is 1. The largest absolute Gasteiger partial charge is 0.312 e. The number of sulfone groups is 1. The first kappa shape index (κ1) is 16.7. The second-order valence-corrected chi connectivity index (χ2v) is 8.47. The molecule has 3 rings (SSSR count). The number of nitrogens with two attached hydrogens (primary N) is 1. The van der Waals surface area contributed by atoms with E-state index in [2.05, 4.69) is 6.92 Å². The molecule has 1 fully saturated rings. The molecule has 1 aliphatic carbocycles. The highest BCUT2D eigenvalue weighted by molar-refractivity contribution is 7.92. The molecule has 2 aromatic rings. The predicted molar refractivity (Wildman–Crippen MR) is 93.2 cm³/mol. The number of nitrogens with zero attached hydrogens (tertiary/aromatic N) is 1. The van der Waals surface area contributed by atoms with Gasteiger partial charge in [-0.25, -0.2) is 8.42 Å². The third-order valence-corrected chi connectivity index (χ3v) is 7.06. The molecule has 0 heterocycles. The van der Waals surface area contributed by atoms with Crippen LogP contribution < -0.4 is 5.73 Å². The molecule has 0 radical (unpaired) electrons. The van der Waals surface area contributed by atoms with Gasteiger partial charge in [0.15, 0.2) is 9.84 Å². The van der Waals surface area contributed by atoms with E-state index in [-0.39, 0.29) is 4.90 Å². The summed E-state index contributed by atoms with van der Waals surface area (Å²) in [4.78, 5) is 0.218. The molecule has 5 heteroatoms. The van der Waals surface area contributed by atoms with E-state index in [1.807, 2.05) is 37.3 Å². The van der Waals surface area contributed by atoms with Crippen LogP contribution in [0.15, 0.2) is 53.4 Å². The van der Waals surface area contributed by atoms with Crippen LogP contribution in [-0.2, 0) is 16.3 Å². The molecule has 124 valence electrons. The molecule has 2 N–H and O–H groups in total. The van der Waals surface area contributed by atoms with Crippen molar-refractivity contribution in [3.63, 3.8) is 0 Å². The van der Waals surface area contributed by atoms with Crippen LogP contribution in [0.4, 0.5) is 0 Å². The number of hydrogen-bond acceptors (Lipinski definition) is 4. The molecule has 3 atom stereocenters. The van der Waals surface area contributed by atoms with Crippen LogP contribution in [0.25, 0.3) is 0 Å². The summed E-state index contributed by atoms with van der Waals surface area (Å²) in [5.41, 5.74) is 7.72. The fourth-order valence-corrected chi connectivity index (χ4v) is 5.41. The van der Waals surface area contributed by atoms with Gasteiger partial charge in [-0.05, 0) is 36.6 Å². The number of aryl methyl sites for hydroxylation is 2. The van der Waals surface area contributed by atoms with E-state index in [0.717, 1.165) is 23.1 Å². The Bertz CT molecular complexity index is 896. The third kappa shape index (κ3) is 2.52. The Morgan fingerprint density at radius 3 is 2.21 bits per heavy atom. The molecule has 0 aromatic heterocycles. The second-order valence-electron chi connectivity index (χ2n) is 6.40. The third-order valence-electron chi connectivity index (χ3n) is 4.80. The Morgan fingerprint density at radius 1 is 1.12 bits per heavy atom. The number of benzene rings is 2. The molecule has 1 aliphatic rings. The quantitative estimate of drug-likeness (QED) is 0.927. The molecule has 0 bridgehead atoms. The van der Waals surface area contributed by atoms with Crippen molar-refractivity contribution in [3.8, 4) is 6.07 Å². The SMILES string of the molecule is CCc1ccc([C@@H]2[C@H](S(=O)(=O)c3ccc(C)cc3)[C@]2(N)C#N)cc1. The molecule has 0 amide bonds. The van der Waals surface area contributed by atoms with Gasteiger partial charge in [-0.3, -0.25) is 0 Å². The zero-order valence-corrected chi connectivity index (χ0v) is 14.5.